The Hall–Kier alpha value is -3.08. The third-order valence-corrected chi connectivity index (χ3v) is 6.07. The van der Waals surface area contributed by atoms with Gasteiger partial charge in [-0.25, -0.2) is 4.79 Å². The van der Waals surface area contributed by atoms with Crippen molar-refractivity contribution in [2.75, 3.05) is 25.0 Å². The van der Waals surface area contributed by atoms with Crippen molar-refractivity contribution in [1.29, 1.82) is 0 Å². The Labute approximate surface area is 184 Å². The van der Waals surface area contributed by atoms with E-state index in [0.717, 1.165) is 42.9 Å². The molecule has 2 amide bonds. The van der Waals surface area contributed by atoms with E-state index in [1.54, 1.807) is 12.4 Å². The minimum atomic E-state index is -0.0631. The molecule has 0 bridgehead atoms. The second-order valence-electron chi connectivity index (χ2n) is 8.52. The third kappa shape index (κ3) is 5.97. The van der Waals surface area contributed by atoms with Crippen molar-refractivity contribution in [1.82, 2.24) is 9.88 Å². The lowest BCUT2D eigenvalue weighted by Gasteiger charge is -2.33. The lowest BCUT2D eigenvalue weighted by molar-refractivity contribution is 0.198. The van der Waals surface area contributed by atoms with Crippen LogP contribution in [0, 0.1) is 11.8 Å². The molecule has 1 N–H and O–H groups in total. The first-order chi connectivity index (χ1) is 15.2. The molecular formula is C26H31N3O2. The van der Waals surface area contributed by atoms with Crippen LogP contribution in [-0.2, 0) is 0 Å². The lowest BCUT2D eigenvalue weighted by atomic mass is 9.91. The Morgan fingerprint density at radius 3 is 3.00 bits per heavy atom. The maximum absolute atomic E-state index is 12.6. The molecule has 31 heavy (non-hydrogen) atoms. The highest BCUT2D eigenvalue weighted by Crippen LogP contribution is 2.27. The number of aromatic nitrogens is 1. The number of nitrogens with zero attached hydrogens (tertiary/aromatic N) is 2. The van der Waals surface area contributed by atoms with E-state index in [2.05, 4.69) is 53.7 Å². The quantitative estimate of drug-likeness (QED) is 0.628. The molecule has 5 nitrogen and oxygen atoms in total. The molecule has 0 spiro atoms. The van der Waals surface area contributed by atoms with Crippen LogP contribution in [0.1, 0.15) is 38.2 Å². The van der Waals surface area contributed by atoms with Crippen molar-refractivity contribution in [2.24, 2.45) is 11.8 Å². The van der Waals surface area contributed by atoms with Crippen LogP contribution in [0.15, 0.2) is 66.5 Å². The van der Waals surface area contributed by atoms with Crippen LogP contribution in [0.2, 0.25) is 0 Å². The number of ether oxygens (including phenoxy) is 1. The SMILES string of the molecule is CC1CN(C(=O)Nc2cccnc2)CC/C1=C\c1cccc(OCC2CC=CCC2)c1. The number of hydrogen-bond acceptors (Lipinski definition) is 3. The largest absolute Gasteiger partial charge is 0.493 e. The molecule has 1 aromatic carbocycles. The summed E-state index contributed by atoms with van der Waals surface area (Å²) in [7, 11) is 0. The summed E-state index contributed by atoms with van der Waals surface area (Å²) in [6, 6.07) is 12.0. The summed E-state index contributed by atoms with van der Waals surface area (Å²) < 4.78 is 6.08. The number of rotatable bonds is 5. The molecule has 2 atom stereocenters. The second kappa shape index (κ2) is 10.3. The van der Waals surface area contributed by atoms with Gasteiger partial charge >= 0.3 is 6.03 Å². The number of likely N-dealkylation sites (tertiary alicyclic amines) is 1. The molecule has 1 aromatic heterocycles. The highest BCUT2D eigenvalue weighted by Gasteiger charge is 2.24. The predicted octanol–water partition coefficient (Wildman–Crippen LogP) is 5.77. The number of hydrogen-bond donors (Lipinski definition) is 1. The van der Waals surface area contributed by atoms with Gasteiger partial charge in [-0.3, -0.25) is 4.98 Å². The van der Waals surface area contributed by atoms with Gasteiger partial charge in [-0.1, -0.05) is 42.9 Å². The monoisotopic (exact) mass is 417 g/mol. The molecule has 1 aliphatic heterocycles. The van der Waals surface area contributed by atoms with Crippen LogP contribution in [-0.4, -0.2) is 35.6 Å². The Bertz CT molecular complexity index is 939. The summed E-state index contributed by atoms with van der Waals surface area (Å²) >= 11 is 0. The van der Waals surface area contributed by atoms with Crippen LogP contribution < -0.4 is 10.1 Å². The van der Waals surface area contributed by atoms with E-state index in [0.29, 0.717) is 24.9 Å². The van der Waals surface area contributed by atoms with E-state index in [1.807, 2.05) is 23.1 Å². The standard InChI is InChI=1S/C26H31N3O2/c1-20-18-29(26(30)28-24-10-6-13-27-17-24)14-12-23(20)15-22-9-5-11-25(16-22)31-19-21-7-3-2-4-8-21/h2-3,5-6,9-11,13,15-17,20-21H,4,7-8,12,14,18-19H2,1H3,(H,28,30)/b23-15+. The van der Waals surface area contributed by atoms with Crippen LogP contribution in [0.4, 0.5) is 10.5 Å². The van der Waals surface area contributed by atoms with E-state index >= 15 is 0 Å². The number of allylic oxidation sites excluding steroid dienone is 2. The lowest BCUT2D eigenvalue weighted by Crippen LogP contribution is -2.42. The van der Waals surface area contributed by atoms with Gasteiger partial charge in [0, 0.05) is 19.3 Å². The van der Waals surface area contributed by atoms with Gasteiger partial charge in [-0.2, -0.15) is 0 Å². The number of pyridine rings is 1. The van der Waals surface area contributed by atoms with Gasteiger partial charge in [0.1, 0.15) is 5.75 Å². The van der Waals surface area contributed by atoms with Crippen LogP contribution in [0.3, 0.4) is 0 Å². The molecule has 2 unspecified atom stereocenters. The third-order valence-electron chi connectivity index (χ3n) is 6.07. The first-order valence-corrected chi connectivity index (χ1v) is 11.2. The zero-order valence-corrected chi connectivity index (χ0v) is 18.2. The summed E-state index contributed by atoms with van der Waals surface area (Å²) in [5.41, 5.74) is 3.26. The van der Waals surface area contributed by atoms with Gasteiger partial charge in [0.05, 0.1) is 18.5 Å². The number of anilines is 1. The highest BCUT2D eigenvalue weighted by atomic mass is 16.5. The Morgan fingerprint density at radius 2 is 2.23 bits per heavy atom. The van der Waals surface area contributed by atoms with E-state index in [-0.39, 0.29) is 6.03 Å². The zero-order valence-electron chi connectivity index (χ0n) is 18.2. The number of piperidine rings is 1. The predicted molar refractivity (Wildman–Crippen MR) is 125 cm³/mol. The maximum atomic E-state index is 12.6. The van der Waals surface area contributed by atoms with Gasteiger partial charge < -0.3 is 15.0 Å². The van der Waals surface area contributed by atoms with Gasteiger partial charge in [0.15, 0.2) is 0 Å². The Balaban J connectivity index is 1.33. The average Bonchev–Trinajstić information content (AvgIpc) is 2.81. The molecule has 1 saturated heterocycles. The van der Waals surface area contributed by atoms with Crippen molar-refractivity contribution in [3.8, 4) is 5.75 Å². The first kappa shape index (κ1) is 21.2. The Kier molecular flexibility index (Phi) is 7.03. The van der Waals surface area contributed by atoms with Crippen LogP contribution in [0.5, 0.6) is 5.75 Å². The molecular weight excluding hydrogens is 386 g/mol. The molecule has 2 heterocycles. The van der Waals surface area contributed by atoms with E-state index in [1.165, 1.54) is 12.0 Å². The second-order valence-corrected chi connectivity index (χ2v) is 8.52. The summed E-state index contributed by atoms with van der Waals surface area (Å²) in [5.74, 6) is 1.87. The van der Waals surface area contributed by atoms with Crippen molar-refractivity contribution >= 4 is 17.8 Å². The Morgan fingerprint density at radius 1 is 1.29 bits per heavy atom. The molecule has 0 radical (unpaired) electrons. The van der Waals surface area contributed by atoms with E-state index in [4.69, 9.17) is 4.74 Å². The summed E-state index contributed by atoms with van der Waals surface area (Å²) in [6.07, 6.45) is 14.5. The van der Waals surface area contributed by atoms with Crippen LogP contribution in [0.25, 0.3) is 6.08 Å². The smallest absolute Gasteiger partial charge is 0.321 e. The van der Waals surface area contributed by atoms with Gasteiger partial charge in [0.2, 0.25) is 0 Å². The van der Waals surface area contributed by atoms with E-state index < -0.39 is 0 Å². The zero-order chi connectivity index (χ0) is 21.5. The first-order valence-electron chi connectivity index (χ1n) is 11.2. The van der Waals surface area contributed by atoms with Crippen molar-refractivity contribution in [3.05, 3.63) is 72.1 Å². The summed E-state index contributed by atoms with van der Waals surface area (Å²) in [4.78, 5) is 18.5. The van der Waals surface area contributed by atoms with Gasteiger partial charge in [-0.15, -0.1) is 0 Å². The molecule has 5 heteroatoms. The molecule has 2 aromatic rings. The topological polar surface area (TPSA) is 54.5 Å². The molecule has 1 fully saturated rings. The number of urea groups is 1. The molecule has 2 aliphatic rings. The van der Waals surface area contributed by atoms with E-state index in [9.17, 15) is 4.79 Å². The fourth-order valence-corrected chi connectivity index (χ4v) is 4.22. The van der Waals surface area contributed by atoms with Crippen molar-refractivity contribution in [2.45, 2.75) is 32.6 Å². The number of nitrogens with one attached hydrogen (secondary N) is 1. The minimum absolute atomic E-state index is 0.0631. The molecule has 4 rings (SSSR count). The van der Waals surface area contributed by atoms with Crippen molar-refractivity contribution < 1.29 is 9.53 Å². The number of benzene rings is 1. The minimum Gasteiger partial charge on any atom is -0.493 e. The summed E-state index contributed by atoms with van der Waals surface area (Å²) in [6.45, 7) is 4.39. The maximum Gasteiger partial charge on any atom is 0.321 e. The van der Waals surface area contributed by atoms with Crippen LogP contribution >= 0.6 is 0 Å². The average molecular weight is 418 g/mol. The molecule has 0 saturated carbocycles. The molecule has 1 aliphatic carbocycles. The normalized spacial score (nSPS) is 22.4. The van der Waals surface area contributed by atoms with Crippen molar-refractivity contribution in [3.63, 3.8) is 0 Å². The van der Waals surface area contributed by atoms with Gasteiger partial charge in [0.25, 0.3) is 0 Å². The molecule has 162 valence electrons. The highest BCUT2D eigenvalue weighted by molar-refractivity contribution is 5.89. The fraction of sp³-hybridized carbons (Fsp3) is 0.385. The number of carbonyl (C=O) groups is 1. The number of carbonyl (C=O) groups excluding carboxylic acids is 1. The summed E-state index contributed by atoms with van der Waals surface area (Å²) in [5, 5.41) is 2.93. The van der Waals surface area contributed by atoms with Gasteiger partial charge in [-0.05, 0) is 67.3 Å². The fourth-order valence-electron chi connectivity index (χ4n) is 4.22. The number of amides is 2.